The van der Waals surface area contributed by atoms with Crippen LogP contribution in [-0.4, -0.2) is 15.5 Å². The number of fused-ring (bicyclic) bond motifs is 1. The molecule has 0 saturated heterocycles. The molecule has 1 aromatic heterocycles. The molecule has 100 valence electrons. The zero-order valence-corrected chi connectivity index (χ0v) is 11.2. The molecule has 1 aromatic carbocycles. The van der Waals surface area contributed by atoms with Gasteiger partial charge in [-0.1, -0.05) is 19.1 Å². The summed E-state index contributed by atoms with van der Waals surface area (Å²) in [5.74, 6) is -0.216. The van der Waals surface area contributed by atoms with E-state index < -0.39 is 11.3 Å². The average Bonchev–Trinajstić information content (AvgIpc) is 2.40. The highest BCUT2D eigenvalue weighted by Gasteiger charge is 2.17. The highest BCUT2D eigenvalue weighted by molar-refractivity contribution is 6.20. The first kappa shape index (κ1) is 13.5. The predicted octanol–water partition coefficient (Wildman–Crippen LogP) is 1.57. The normalized spacial score (nSPS) is 12.5. The molecule has 5 nitrogen and oxygen atoms in total. The topological polar surface area (TPSA) is 78.0 Å². The van der Waals surface area contributed by atoms with E-state index >= 15 is 0 Å². The number of primary amides is 1. The predicted molar refractivity (Wildman–Crippen MR) is 74.1 cm³/mol. The maximum Gasteiger partial charge on any atom is 0.261 e. The molecule has 0 bridgehead atoms. The van der Waals surface area contributed by atoms with Crippen LogP contribution in [0, 0.1) is 0 Å². The Labute approximate surface area is 115 Å². The van der Waals surface area contributed by atoms with Gasteiger partial charge in [-0.2, -0.15) is 0 Å². The Hall–Kier alpha value is -1.88. The monoisotopic (exact) mass is 279 g/mol. The molecule has 19 heavy (non-hydrogen) atoms. The van der Waals surface area contributed by atoms with Crippen molar-refractivity contribution in [2.75, 3.05) is 0 Å². The molecule has 0 aliphatic carbocycles. The van der Waals surface area contributed by atoms with Crippen molar-refractivity contribution < 1.29 is 4.79 Å². The third-order valence-electron chi connectivity index (χ3n) is 2.84. The van der Waals surface area contributed by atoms with Crippen molar-refractivity contribution >= 4 is 28.4 Å². The number of para-hydroxylation sites is 1. The smallest absolute Gasteiger partial charge is 0.261 e. The zero-order valence-electron chi connectivity index (χ0n) is 10.5. The van der Waals surface area contributed by atoms with E-state index in [2.05, 4.69) is 4.98 Å². The number of alkyl halides is 1. The van der Waals surface area contributed by atoms with E-state index in [-0.39, 0.29) is 12.1 Å². The van der Waals surface area contributed by atoms with Crippen LogP contribution in [0.15, 0.2) is 29.1 Å². The molecular formula is C13H14ClN3O2. The van der Waals surface area contributed by atoms with Crippen molar-refractivity contribution in [3.8, 4) is 0 Å². The molecule has 0 radical (unpaired) electrons. The number of benzene rings is 1. The van der Waals surface area contributed by atoms with Crippen LogP contribution >= 0.6 is 11.6 Å². The number of carbonyl (C=O) groups is 1. The van der Waals surface area contributed by atoms with Gasteiger partial charge >= 0.3 is 0 Å². The van der Waals surface area contributed by atoms with Gasteiger partial charge in [-0.25, -0.2) is 4.98 Å². The number of nitrogens with zero attached hydrogens (tertiary/aromatic N) is 2. The maximum absolute atomic E-state index is 12.4. The van der Waals surface area contributed by atoms with Gasteiger partial charge in [0.05, 0.1) is 16.3 Å². The van der Waals surface area contributed by atoms with Crippen molar-refractivity contribution in [2.45, 2.75) is 25.3 Å². The Morgan fingerprint density at radius 1 is 1.47 bits per heavy atom. The minimum Gasteiger partial charge on any atom is -0.368 e. The third kappa shape index (κ3) is 2.61. The molecule has 1 heterocycles. The summed E-state index contributed by atoms with van der Waals surface area (Å²) in [5.41, 5.74) is 5.46. The lowest BCUT2D eigenvalue weighted by molar-refractivity contribution is -0.118. The van der Waals surface area contributed by atoms with E-state index in [1.165, 1.54) is 4.57 Å². The number of hydrogen-bond donors (Lipinski definition) is 1. The second-order valence-electron chi connectivity index (χ2n) is 4.22. The van der Waals surface area contributed by atoms with Gasteiger partial charge in [0.15, 0.2) is 0 Å². The van der Waals surface area contributed by atoms with Gasteiger partial charge < -0.3 is 5.73 Å². The number of carbonyl (C=O) groups excluding carboxylic acids is 1. The van der Waals surface area contributed by atoms with Crippen LogP contribution in [-0.2, 0) is 11.3 Å². The van der Waals surface area contributed by atoms with Crippen LogP contribution < -0.4 is 11.3 Å². The van der Waals surface area contributed by atoms with Crippen LogP contribution in [0.4, 0.5) is 0 Å². The highest BCUT2D eigenvalue weighted by Crippen LogP contribution is 2.22. The number of amides is 1. The standard InChI is InChI=1S/C13H14ClN3O2/c1-2-9(14)12-16-10-6-4-3-5-8(10)13(19)17(12)7-11(15)18/h3-6,9H,2,7H2,1H3,(H2,15,18). The second-order valence-corrected chi connectivity index (χ2v) is 4.75. The van der Waals surface area contributed by atoms with Crippen molar-refractivity contribution in [3.63, 3.8) is 0 Å². The van der Waals surface area contributed by atoms with Crippen LogP contribution in [0.5, 0.6) is 0 Å². The molecule has 2 rings (SSSR count). The Bertz CT molecular complexity index is 681. The number of halogens is 1. The van der Waals surface area contributed by atoms with Crippen molar-refractivity contribution in [1.29, 1.82) is 0 Å². The molecule has 1 atom stereocenters. The summed E-state index contributed by atoms with van der Waals surface area (Å²) in [7, 11) is 0. The van der Waals surface area contributed by atoms with Crippen molar-refractivity contribution in [1.82, 2.24) is 9.55 Å². The fourth-order valence-corrected chi connectivity index (χ4v) is 2.08. The van der Waals surface area contributed by atoms with E-state index in [1.807, 2.05) is 6.92 Å². The Kier molecular flexibility index (Phi) is 3.85. The molecule has 0 saturated carbocycles. The van der Waals surface area contributed by atoms with Gasteiger partial charge in [0.2, 0.25) is 5.91 Å². The SMILES string of the molecule is CCC(Cl)c1nc2ccccc2c(=O)n1CC(N)=O. The summed E-state index contributed by atoms with van der Waals surface area (Å²) < 4.78 is 1.26. The largest absolute Gasteiger partial charge is 0.368 e. The summed E-state index contributed by atoms with van der Waals surface area (Å²) in [4.78, 5) is 27.9. The lowest BCUT2D eigenvalue weighted by Gasteiger charge is -2.14. The first-order valence-corrected chi connectivity index (χ1v) is 6.40. The first-order valence-electron chi connectivity index (χ1n) is 5.96. The lowest BCUT2D eigenvalue weighted by atomic mass is 10.2. The Morgan fingerprint density at radius 3 is 2.79 bits per heavy atom. The molecule has 6 heteroatoms. The average molecular weight is 280 g/mol. The number of rotatable bonds is 4. The van der Waals surface area contributed by atoms with Crippen LogP contribution in [0.25, 0.3) is 10.9 Å². The summed E-state index contributed by atoms with van der Waals surface area (Å²) in [6.45, 7) is 1.67. The fraction of sp³-hybridized carbons (Fsp3) is 0.308. The van der Waals surface area contributed by atoms with Gasteiger partial charge in [0, 0.05) is 0 Å². The van der Waals surface area contributed by atoms with Gasteiger partial charge in [-0.15, -0.1) is 11.6 Å². The number of aromatic nitrogens is 2. The molecule has 1 amide bonds. The van der Waals surface area contributed by atoms with Gasteiger partial charge in [-0.05, 0) is 18.6 Å². The molecule has 0 aliphatic rings. The van der Waals surface area contributed by atoms with E-state index in [0.29, 0.717) is 23.1 Å². The summed E-state index contributed by atoms with van der Waals surface area (Å²) in [5, 5.41) is 0.0177. The molecule has 0 fully saturated rings. The highest BCUT2D eigenvalue weighted by atomic mass is 35.5. The van der Waals surface area contributed by atoms with Crippen molar-refractivity contribution in [3.05, 3.63) is 40.4 Å². The van der Waals surface area contributed by atoms with E-state index in [9.17, 15) is 9.59 Å². The molecule has 1 unspecified atom stereocenters. The maximum atomic E-state index is 12.4. The Morgan fingerprint density at radius 2 is 2.16 bits per heavy atom. The quantitative estimate of drug-likeness (QED) is 0.863. The van der Waals surface area contributed by atoms with Gasteiger partial charge in [0.1, 0.15) is 12.4 Å². The fourth-order valence-electron chi connectivity index (χ4n) is 1.92. The summed E-state index contributed by atoms with van der Waals surface area (Å²) in [6.07, 6.45) is 0.602. The summed E-state index contributed by atoms with van der Waals surface area (Å²) in [6, 6.07) is 6.96. The van der Waals surface area contributed by atoms with Crippen molar-refractivity contribution in [2.24, 2.45) is 5.73 Å². The summed E-state index contributed by atoms with van der Waals surface area (Å²) >= 11 is 6.18. The third-order valence-corrected chi connectivity index (χ3v) is 3.35. The van der Waals surface area contributed by atoms with Gasteiger partial charge in [-0.3, -0.25) is 14.2 Å². The molecule has 0 spiro atoms. The molecule has 2 aromatic rings. The van der Waals surface area contributed by atoms with E-state index in [1.54, 1.807) is 24.3 Å². The zero-order chi connectivity index (χ0) is 14.0. The van der Waals surface area contributed by atoms with Crippen LogP contribution in [0.2, 0.25) is 0 Å². The minimum absolute atomic E-state index is 0.213. The van der Waals surface area contributed by atoms with Gasteiger partial charge in [0.25, 0.3) is 5.56 Å². The second kappa shape index (κ2) is 5.40. The molecular weight excluding hydrogens is 266 g/mol. The van der Waals surface area contributed by atoms with Crippen LogP contribution in [0.1, 0.15) is 24.5 Å². The lowest BCUT2D eigenvalue weighted by Crippen LogP contribution is -2.32. The van der Waals surface area contributed by atoms with Crippen LogP contribution in [0.3, 0.4) is 0 Å². The minimum atomic E-state index is -0.597. The first-order chi connectivity index (χ1) is 9.04. The molecule has 2 N–H and O–H groups in total. The molecule has 0 aliphatic heterocycles. The number of hydrogen-bond acceptors (Lipinski definition) is 3. The van der Waals surface area contributed by atoms with E-state index in [0.717, 1.165) is 0 Å². The van der Waals surface area contributed by atoms with E-state index in [4.69, 9.17) is 17.3 Å². The Balaban J connectivity index is 2.76. The number of nitrogens with two attached hydrogens (primary N) is 1.